The summed E-state index contributed by atoms with van der Waals surface area (Å²) in [5, 5.41) is 3.93. The molecule has 3 fully saturated rings. The Morgan fingerprint density at radius 2 is 1.69 bits per heavy atom. The molecule has 3 aliphatic carbocycles. The van der Waals surface area contributed by atoms with Crippen molar-refractivity contribution >= 4 is 0 Å². The van der Waals surface area contributed by atoms with Crippen molar-refractivity contribution in [3.05, 3.63) is 0 Å². The van der Waals surface area contributed by atoms with Crippen LogP contribution in [0.25, 0.3) is 0 Å². The van der Waals surface area contributed by atoms with Crippen molar-refractivity contribution < 1.29 is 0 Å². The topological polar surface area (TPSA) is 15.3 Å². The van der Waals surface area contributed by atoms with Gasteiger partial charge in [-0.15, -0.1) is 0 Å². The lowest BCUT2D eigenvalue weighted by atomic mass is 9.75. The maximum Gasteiger partial charge on any atom is 0.0328 e. The molecule has 0 atom stereocenters. The number of hydrogen-bond acceptors (Lipinski definition) is 2. The number of rotatable bonds is 6. The zero-order chi connectivity index (χ0) is 11.2. The van der Waals surface area contributed by atoms with Gasteiger partial charge in [-0.05, 0) is 70.9 Å². The molecule has 92 valence electrons. The van der Waals surface area contributed by atoms with E-state index in [0.717, 1.165) is 17.9 Å². The predicted octanol–water partition coefficient (Wildman–Crippen LogP) is 2.25. The minimum atomic E-state index is 0.502. The highest BCUT2D eigenvalue weighted by atomic mass is 15.2. The van der Waals surface area contributed by atoms with E-state index in [4.69, 9.17) is 0 Å². The minimum Gasteiger partial charge on any atom is -0.312 e. The monoisotopic (exact) mass is 222 g/mol. The largest absolute Gasteiger partial charge is 0.312 e. The maximum absolute atomic E-state index is 3.93. The van der Waals surface area contributed by atoms with Crippen LogP contribution in [0, 0.1) is 11.8 Å². The van der Waals surface area contributed by atoms with Crippen LogP contribution < -0.4 is 5.32 Å². The highest BCUT2D eigenvalue weighted by Gasteiger charge is 2.44. The van der Waals surface area contributed by atoms with Gasteiger partial charge >= 0.3 is 0 Å². The summed E-state index contributed by atoms with van der Waals surface area (Å²) in [4.78, 5) is 2.46. The molecule has 0 saturated heterocycles. The molecule has 16 heavy (non-hydrogen) atoms. The van der Waals surface area contributed by atoms with E-state index in [1.165, 1.54) is 51.5 Å². The van der Waals surface area contributed by atoms with E-state index < -0.39 is 0 Å². The van der Waals surface area contributed by atoms with Crippen molar-refractivity contribution in [3.8, 4) is 0 Å². The fourth-order valence-corrected chi connectivity index (χ4v) is 3.30. The number of likely N-dealkylation sites (N-methyl/N-ethyl adjacent to an activating group) is 1. The third kappa shape index (κ3) is 2.02. The van der Waals surface area contributed by atoms with Crippen molar-refractivity contribution in [1.82, 2.24) is 10.2 Å². The van der Waals surface area contributed by atoms with E-state index >= 15 is 0 Å². The highest BCUT2D eigenvalue weighted by Crippen LogP contribution is 2.45. The van der Waals surface area contributed by atoms with Gasteiger partial charge in [0.15, 0.2) is 0 Å². The van der Waals surface area contributed by atoms with Crippen LogP contribution in [0.15, 0.2) is 0 Å². The number of nitrogens with one attached hydrogen (secondary N) is 1. The molecule has 3 saturated carbocycles. The Kier molecular flexibility index (Phi) is 2.75. The van der Waals surface area contributed by atoms with E-state index in [0.29, 0.717) is 5.54 Å². The van der Waals surface area contributed by atoms with Crippen molar-refractivity contribution in [2.75, 3.05) is 20.6 Å². The van der Waals surface area contributed by atoms with Crippen LogP contribution in [-0.4, -0.2) is 37.1 Å². The lowest BCUT2D eigenvalue weighted by molar-refractivity contribution is 0.0553. The summed E-state index contributed by atoms with van der Waals surface area (Å²) in [6, 6.07) is 0.873. The molecular weight excluding hydrogens is 196 g/mol. The van der Waals surface area contributed by atoms with Crippen LogP contribution in [0.4, 0.5) is 0 Å². The Labute approximate surface area is 99.8 Å². The molecule has 2 heteroatoms. The van der Waals surface area contributed by atoms with Crippen LogP contribution in [0.3, 0.4) is 0 Å². The average molecular weight is 222 g/mol. The van der Waals surface area contributed by atoms with Gasteiger partial charge < -0.3 is 10.2 Å². The van der Waals surface area contributed by atoms with Gasteiger partial charge in [-0.2, -0.15) is 0 Å². The van der Waals surface area contributed by atoms with Gasteiger partial charge in [-0.1, -0.05) is 0 Å². The molecule has 0 amide bonds. The summed E-state index contributed by atoms with van der Waals surface area (Å²) in [5.41, 5.74) is 0.502. The molecule has 3 aliphatic rings. The van der Waals surface area contributed by atoms with Gasteiger partial charge in [-0.3, -0.25) is 0 Å². The molecule has 0 aliphatic heterocycles. The zero-order valence-corrected chi connectivity index (χ0v) is 10.8. The van der Waals surface area contributed by atoms with Crippen LogP contribution in [0.5, 0.6) is 0 Å². The molecule has 0 spiro atoms. The molecule has 0 bridgehead atoms. The van der Waals surface area contributed by atoms with E-state index in [1.807, 2.05) is 0 Å². The summed E-state index contributed by atoms with van der Waals surface area (Å²) < 4.78 is 0. The normalized spacial score (nSPS) is 28.5. The van der Waals surface area contributed by atoms with Gasteiger partial charge in [0, 0.05) is 18.1 Å². The van der Waals surface area contributed by atoms with Crippen LogP contribution >= 0.6 is 0 Å². The van der Waals surface area contributed by atoms with Gasteiger partial charge in [-0.25, -0.2) is 0 Å². The molecule has 3 rings (SSSR count). The minimum absolute atomic E-state index is 0.502. The highest BCUT2D eigenvalue weighted by molar-refractivity contribution is 5.02. The van der Waals surface area contributed by atoms with E-state index in [1.54, 1.807) is 0 Å². The molecule has 0 aromatic rings. The SMILES string of the molecule is CN(C)C1(CNC(C2CC2)C2CC2)CCC1. The second kappa shape index (κ2) is 3.99. The second-order valence-corrected chi connectivity index (χ2v) is 6.55. The van der Waals surface area contributed by atoms with Crippen molar-refractivity contribution in [1.29, 1.82) is 0 Å². The fraction of sp³-hybridized carbons (Fsp3) is 1.00. The summed E-state index contributed by atoms with van der Waals surface area (Å²) >= 11 is 0. The first-order valence-corrected chi connectivity index (χ1v) is 7.12. The summed E-state index contributed by atoms with van der Waals surface area (Å²) in [6.07, 6.45) is 10.2. The summed E-state index contributed by atoms with van der Waals surface area (Å²) in [7, 11) is 4.51. The molecule has 2 nitrogen and oxygen atoms in total. The third-order valence-electron chi connectivity index (χ3n) is 5.16. The third-order valence-corrected chi connectivity index (χ3v) is 5.16. The van der Waals surface area contributed by atoms with Gasteiger partial charge in [0.25, 0.3) is 0 Å². The van der Waals surface area contributed by atoms with E-state index in [2.05, 4.69) is 24.3 Å². The molecule has 0 unspecified atom stereocenters. The molecule has 1 N–H and O–H groups in total. The quantitative estimate of drug-likeness (QED) is 0.741. The molecule has 0 aromatic carbocycles. The first kappa shape index (κ1) is 11.0. The Morgan fingerprint density at radius 1 is 1.12 bits per heavy atom. The predicted molar refractivity (Wildman–Crippen MR) is 67.5 cm³/mol. The van der Waals surface area contributed by atoms with Gasteiger partial charge in [0.1, 0.15) is 0 Å². The standard InChI is InChI=1S/C14H26N2/c1-16(2)14(8-3-9-14)10-15-13(11-4-5-11)12-6-7-12/h11-13,15H,3-10H2,1-2H3. The maximum atomic E-state index is 3.93. The lowest BCUT2D eigenvalue weighted by Gasteiger charge is -2.48. The van der Waals surface area contributed by atoms with Crippen molar-refractivity contribution in [2.45, 2.75) is 56.5 Å². The van der Waals surface area contributed by atoms with E-state index in [9.17, 15) is 0 Å². The number of hydrogen-bond donors (Lipinski definition) is 1. The molecule has 0 heterocycles. The van der Waals surface area contributed by atoms with E-state index in [-0.39, 0.29) is 0 Å². The Morgan fingerprint density at radius 3 is 2.00 bits per heavy atom. The Bertz CT molecular complexity index is 237. The summed E-state index contributed by atoms with van der Waals surface area (Å²) in [6.45, 7) is 1.23. The smallest absolute Gasteiger partial charge is 0.0328 e. The zero-order valence-electron chi connectivity index (χ0n) is 10.8. The average Bonchev–Trinajstić information content (AvgIpc) is 2.98. The Hall–Kier alpha value is -0.0800. The summed E-state index contributed by atoms with van der Waals surface area (Å²) in [5.74, 6) is 2.07. The fourth-order valence-electron chi connectivity index (χ4n) is 3.30. The van der Waals surface area contributed by atoms with Gasteiger partial charge in [0.2, 0.25) is 0 Å². The van der Waals surface area contributed by atoms with Gasteiger partial charge in [0.05, 0.1) is 0 Å². The Balaban J connectivity index is 1.53. The lowest BCUT2D eigenvalue weighted by Crippen LogP contribution is -2.58. The molecule has 0 radical (unpaired) electrons. The number of nitrogens with zero attached hydrogens (tertiary/aromatic N) is 1. The molecule has 0 aromatic heterocycles. The van der Waals surface area contributed by atoms with Crippen molar-refractivity contribution in [2.24, 2.45) is 11.8 Å². The van der Waals surface area contributed by atoms with Crippen LogP contribution in [-0.2, 0) is 0 Å². The molecular formula is C14H26N2. The van der Waals surface area contributed by atoms with Crippen molar-refractivity contribution in [3.63, 3.8) is 0 Å². The first-order valence-electron chi connectivity index (χ1n) is 7.12. The van der Waals surface area contributed by atoms with Crippen LogP contribution in [0.2, 0.25) is 0 Å². The first-order chi connectivity index (χ1) is 7.71. The second-order valence-electron chi connectivity index (χ2n) is 6.55. The van der Waals surface area contributed by atoms with Crippen LogP contribution in [0.1, 0.15) is 44.9 Å².